The molecular weight excluding hydrogens is 244 g/mol. The van der Waals surface area contributed by atoms with E-state index >= 15 is 0 Å². The maximum atomic E-state index is 11.1. The molecular formula is C9H12N4O5. The average molecular weight is 256 g/mol. The fourth-order valence-corrected chi connectivity index (χ4v) is 1.71. The Labute approximate surface area is 102 Å². The molecule has 2 heterocycles. The summed E-state index contributed by atoms with van der Waals surface area (Å²) in [6, 6.07) is 0. The lowest BCUT2D eigenvalue weighted by molar-refractivity contribution is -0.393. The predicted molar refractivity (Wildman–Crippen MR) is 57.9 cm³/mol. The van der Waals surface area contributed by atoms with Crippen molar-refractivity contribution < 1.29 is 19.6 Å². The minimum absolute atomic E-state index is 0.131. The Morgan fingerprint density at radius 2 is 2.50 bits per heavy atom. The van der Waals surface area contributed by atoms with Gasteiger partial charge < -0.3 is 24.9 Å². The summed E-state index contributed by atoms with van der Waals surface area (Å²) in [5.41, 5.74) is 0.446. The molecule has 1 aromatic heterocycles. The highest BCUT2D eigenvalue weighted by molar-refractivity contribution is 5.69. The fourth-order valence-electron chi connectivity index (χ4n) is 1.71. The molecule has 1 fully saturated rings. The van der Waals surface area contributed by atoms with E-state index in [4.69, 9.17) is 4.74 Å². The number of cyclic esters (lactones) is 1. The minimum Gasteiger partial charge on any atom is -0.448 e. The molecule has 0 spiro atoms. The minimum atomic E-state index is -0.823. The number of β-amino-alcohol motifs (C(OH)–C–C–N with tert-alkyl or cyclic N) is 1. The van der Waals surface area contributed by atoms with Crippen LogP contribution in [0.5, 0.6) is 0 Å². The monoisotopic (exact) mass is 256 g/mol. The predicted octanol–water partition coefficient (Wildman–Crippen LogP) is -0.327. The number of aromatic nitrogens is 2. The number of hydrogen-bond acceptors (Lipinski definition) is 6. The first-order valence-corrected chi connectivity index (χ1v) is 5.34. The number of aliphatic hydroxyl groups is 1. The number of hydrogen-bond donors (Lipinski definition) is 2. The van der Waals surface area contributed by atoms with Gasteiger partial charge in [0.15, 0.2) is 0 Å². The van der Waals surface area contributed by atoms with Gasteiger partial charge in [0.05, 0.1) is 19.2 Å². The van der Waals surface area contributed by atoms with Crippen LogP contribution in [0.4, 0.5) is 10.7 Å². The standard InChI is InChI=1S/C9H12N4O5/c14-7(5-12-1-2-18-9(12)15)3-6-4-10-8(11-6)13(16)17/h4,7,14H,1-3,5H2,(H,10,11)/t7-/m1/s1. The van der Waals surface area contributed by atoms with E-state index in [1.807, 2.05) is 0 Å². The summed E-state index contributed by atoms with van der Waals surface area (Å²) in [5.74, 6) is -0.363. The molecule has 0 radical (unpaired) electrons. The lowest BCUT2D eigenvalue weighted by atomic mass is 10.2. The number of H-pyrrole nitrogens is 1. The van der Waals surface area contributed by atoms with E-state index < -0.39 is 17.1 Å². The number of rotatable bonds is 5. The van der Waals surface area contributed by atoms with Crippen LogP contribution in [0.2, 0.25) is 0 Å². The van der Waals surface area contributed by atoms with Crippen molar-refractivity contribution in [3.63, 3.8) is 0 Å². The van der Waals surface area contributed by atoms with Crippen molar-refractivity contribution in [2.45, 2.75) is 12.5 Å². The largest absolute Gasteiger partial charge is 0.448 e. The van der Waals surface area contributed by atoms with Crippen molar-refractivity contribution in [2.75, 3.05) is 19.7 Å². The molecule has 0 aliphatic carbocycles. The van der Waals surface area contributed by atoms with Gasteiger partial charge in [-0.15, -0.1) is 0 Å². The van der Waals surface area contributed by atoms with Crippen LogP contribution in [0.15, 0.2) is 6.20 Å². The lowest BCUT2D eigenvalue weighted by Gasteiger charge is -2.16. The van der Waals surface area contributed by atoms with E-state index in [-0.39, 0.29) is 18.9 Å². The molecule has 1 aromatic rings. The van der Waals surface area contributed by atoms with Gasteiger partial charge >= 0.3 is 12.0 Å². The zero-order valence-electron chi connectivity index (χ0n) is 9.40. The third-order valence-corrected chi connectivity index (χ3v) is 2.52. The third kappa shape index (κ3) is 2.74. The molecule has 1 amide bonds. The van der Waals surface area contributed by atoms with Gasteiger partial charge in [-0.05, 0) is 4.92 Å². The van der Waals surface area contributed by atoms with Crippen LogP contribution in [-0.2, 0) is 11.2 Å². The van der Waals surface area contributed by atoms with Crippen molar-refractivity contribution in [1.29, 1.82) is 0 Å². The second kappa shape index (κ2) is 5.00. The molecule has 0 unspecified atom stereocenters. The number of nitrogens with zero attached hydrogens (tertiary/aromatic N) is 3. The quantitative estimate of drug-likeness (QED) is 0.549. The normalized spacial score (nSPS) is 16.7. The SMILES string of the molecule is O=C1OCCN1C[C@H](O)Cc1cnc([N+](=O)[O-])[nH]1. The van der Waals surface area contributed by atoms with E-state index in [0.29, 0.717) is 18.8 Å². The first-order chi connectivity index (χ1) is 8.56. The number of ether oxygens (including phenoxy) is 1. The summed E-state index contributed by atoms with van der Waals surface area (Å²) in [6.07, 6.45) is 0.175. The van der Waals surface area contributed by atoms with E-state index in [2.05, 4.69) is 9.97 Å². The van der Waals surface area contributed by atoms with E-state index in [9.17, 15) is 20.0 Å². The van der Waals surface area contributed by atoms with Gasteiger partial charge in [0.25, 0.3) is 0 Å². The van der Waals surface area contributed by atoms with Crippen LogP contribution in [0.3, 0.4) is 0 Å². The first-order valence-electron chi connectivity index (χ1n) is 5.34. The van der Waals surface area contributed by atoms with Crippen LogP contribution in [0.1, 0.15) is 5.69 Å². The molecule has 1 aliphatic heterocycles. The highest BCUT2D eigenvalue weighted by atomic mass is 16.6. The van der Waals surface area contributed by atoms with Crippen molar-refractivity contribution in [2.24, 2.45) is 0 Å². The fraction of sp³-hybridized carbons (Fsp3) is 0.556. The van der Waals surface area contributed by atoms with E-state index in [0.717, 1.165) is 0 Å². The molecule has 0 bridgehead atoms. The number of aromatic amines is 1. The van der Waals surface area contributed by atoms with Crippen molar-refractivity contribution >= 4 is 12.0 Å². The molecule has 9 heteroatoms. The maximum absolute atomic E-state index is 11.1. The van der Waals surface area contributed by atoms with Crippen LogP contribution >= 0.6 is 0 Å². The van der Waals surface area contributed by atoms with E-state index in [1.54, 1.807) is 0 Å². The number of nitrogens with one attached hydrogen (secondary N) is 1. The van der Waals surface area contributed by atoms with Crippen LogP contribution in [-0.4, -0.2) is 56.8 Å². The number of nitro groups is 1. The van der Waals surface area contributed by atoms with Crippen molar-refractivity contribution in [1.82, 2.24) is 14.9 Å². The first kappa shape index (κ1) is 12.3. The van der Waals surface area contributed by atoms with Gasteiger partial charge in [-0.1, -0.05) is 4.98 Å². The molecule has 9 nitrogen and oxygen atoms in total. The van der Waals surface area contributed by atoms with Gasteiger partial charge in [0.2, 0.25) is 0 Å². The van der Waals surface area contributed by atoms with Crippen molar-refractivity contribution in [3.05, 3.63) is 22.0 Å². The molecule has 18 heavy (non-hydrogen) atoms. The summed E-state index contributed by atoms with van der Waals surface area (Å²) in [6.45, 7) is 0.895. The lowest BCUT2D eigenvalue weighted by Crippen LogP contribution is -2.34. The summed E-state index contributed by atoms with van der Waals surface area (Å²) in [5, 5.41) is 20.2. The number of aliphatic hydroxyl groups excluding tert-OH is 1. The van der Waals surface area contributed by atoms with E-state index in [1.165, 1.54) is 11.1 Å². The topological polar surface area (TPSA) is 122 Å². The zero-order chi connectivity index (χ0) is 13.1. The van der Waals surface area contributed by atoms with Gasteiger partial charge in [-0.3, -0.25) is 0 Å². The maximum Gasteiger partial charge on any atom is 0.432 e. The second-order valence-corrected chi connectivity index (χ2v) is 3.91. The number of carbonyl (C=O) groups is 1. The molecule has 1 atom stereocenters. The third-order valence-electron chi connectivity index (χ3n) is 2.52. The van der Waals surface area contributed by atoms with Crippen LogP contribution in [0, 0.1) is 10.1 Å². The Hall–Kier alpha value is -2.16. The Kier molecular flexibility index (Phi) is 3.42. The highest BCUT2D eigenvalue weighted by Crippen LogP contribution is 2.10. The summed E-state index contributed by atoms with van der Waals surface area (Å²) >= 11 is 0. The molecule has 2 N–H and O–H groups in total. The molecule has 0 saturated carbocycles. The highest BCUT2D eigenvalue weighted by Gasteiger charge is 2.25. The molecule has 1 saturated heterocycles. The molecule has 1 aliphatic rings. The number of imidazole rings is 1. The number of carbonyl (C=O) groups excluding carboxylic acids is 1. The second-order valence-electron chi connectivity index (χ2n) is 3.91. The Morgan fingerprint density at radius 1 is 1.72 bits per heavy atom. The zero-order valence-corrected chi connectivity index (χ0v) is 9.40. The molecule has 98 valence electrons. The van der Waals surface area contributed by atoms with Gasteiger partial charge in [-0.25, -0.2) is 9.78 Å². The Balaban J connectivity index is 1.88. The summed E-state index contributed by atoms with van der Waals surface area (Å²) < 4.78 is 4.72. The Morgan fingerprint density at radius 3 is 3.06 bits per heavy atom. The average Bonchev–Trinajstić information content (AvgIpc) is 2.89. The van der Waals surface area contributed by atoms with Gasteiger partial charge in [0.1, 0.15) is 18.5 Å². The van der Waals surface area contributed by atoms with Crippen LogP contribution < -0.4 is 0 Å². The van der Waals surface area contributed by atoms with Gasteiger partial charge in [-0.2, -0.15) is 0 Å². The van der Waals surface area contributed by atoms with Crippen molar-refractivity contribution in [3.8, 4) is 0 Å². The Bertz CT molecular complexity index is 460. The summed E-state index contributed by atoms with van der Waals surface area (Å²) in [4.78, 5) is 28.3. The molecule has 0 aromatic carbocycles. The van der Waals surface area contributed by atoms with Gasteiger partial charge in [0, 0.05) is 6.42 Å². The van der Waals surface area contributed by atoms with Crippen LogP contribution in [0.25, 0.3) is 0 Å². The number of amides is 1. The summed E-state index contributed by atoms with van der Waals surface area (Å²) in [7, 11) is 0. The molecule has 2 rings (SSSR count). The smallest absolute Gasteiger partial charge is 0.432 e.